The molecule has 1 aliphatic heterocycles. The zero-order chi connectivity index (χ0) is 19.4. The lowest BCUT2D eigenvalue weighted by Gasteiger charge is -2.16. The highest BCUT2D eigenvalue weighted by atomic mass is 16.5. The van der Waals surface area contributed by atoms with Crippen molar-refractivity contribution in [3.05, 3.63) is 52.4 Å². The first-order valence-corrected chi connectivity index (χ1v) is 9.92. The summed E-state index contributed by atoms with van der Waals surface area (Å²) >= 11 is 0. The summed E-state index contributed by atoms with van der Waals surface area (Å²) in [6.45, 7) is 11.1. The van der Waals surface area contributed by atoms with Gasteiger partial charge in [-0.05, 0) is 64.1 Å². The van der Waals surface area contributed by atoms with Gasteiger partial charge < -0.3 is 9.84 Å². The monoisotopic (exact) mass is 369 g/mol. The van der Waals surface area contributed by atoms with E-state index in [4.69, 9.17) is 4.52 Å². The van der Waals surface area contributed by atoms with Crippen LogP contribution in [0.2, 0.25) is 0 Å². The van der Waals surface area contributed by atoms with E-state index in [1.54, 1.807) is 0 Å². The van der Waals surface area contributed by atoms with Crippen LogP contribution >= 0.6 is 0 Å². The van der Waals surface area contributed by atoms with E-state index in [1.807, 2.05) is 27.7 Å². The van der Waals surface area contributed by atoms with E-state index in [-0.39, 0.29) is 11.9 Å². The lowest BCUT2D eigenvalue weighted by atomic mass is 9.97. The largest absolute Gasteiger partial charge is 0.361 e. The van der Waals surface area contributed by atoms with Gasteiger partial charge >= 0.3 is 0 Å². The molecule has 5 nitrogen and oxygen atoms in total. The van der Waals surface area contributed by atoms with Crippen molar-refractivity contribution in [3.8, 4) is 0 Å². The predicted octanol–water partition coefficient (Wildman–Crippen LogP) is 3.42. The van der Waals surface area contributed by atoms with Crippen LogP contribution in [-0.2, 0) is 24.2 Å². The van der Waals surface area contributed by atoms with E-state index in [1.165, 1.54) is 17.5 Å². The Morgan fingerprint density at radius 2 is 1.96 bits per heavy atom. The Bertz CT molecular complexity index is 745. The molecule has 1 saturated heterocycles. The van der Waals surface area contributed by atoms with Crippen molar-refractivity contribution in [2.75, 3.05) is 13.1 Å². The number of hydrogen-bond donors (Lipinski definition) is 1. The molecule has 1 fully saturated rings. The van der Waals surface area contributed by atoms with Crippen LogP contribution in [0.15, 0.2) is 28.8 Å². The number of hydrogen-bond acceptors (Lipinski definition) is 4. The van der Waals surface area contributed by atoms with Crippen LogP contribution in [0.25, 0.3) is 0 Å². The molecule has 0 radical (unpaired) electrons. The quantitative estimate of drug-likeness (QED) is 0.812. The highest BCUT2D eigenvalue weighted by Crippen LogP contribution is 2.24. The zero-order valence-corrected chi connectivity index (χ0v) is 16.9. The summed E-state index contributed by atoms with van der Waals surface area (Å²) in [7, 11) is 0. The molecule has 0 bridgehead atoms. The standard InChI is InChI=1S/C22H31N3O2/c1-15(2)23-22(26)12-19-7-5-18(6-8-19)11-20-9-10-25(13-20)14-21-16(3)24-27-17(21)4/h5-8,15,20H,9-14H2,1-4H3,(H,23,26). The van der Waals surface area contributed by atoms with E-state index in [0.717, 1.165) is 43.1 Å². The molecular formula is C22H31N3O2. The average molecular weight is 370 g/mol. The molecule has 1 amide bonds. The van der Waals surface area contributed by atoms with E-state index in [0.29, 0.717) is 12.3 Å². The highest BCUT2D eigenvalue weighted by Gasteiger charge is 2.24. The highest BCUT2D eigenvalue weighted by molar-refractivity contribution is 5.78. The van der Waals surface area contributed by atoms with Gasteiger partial charge in [0.05, 0.1) is 12.1 Å². The SMILES string of the molecule is Cc1noc(C)c1CN1CCC(Cc2ccc(CC(=O)NC(C)C)cc2)C1. The van der Waals surface area contributed by atoms with Crippen LogP contribution in [0, 0.1) is 19.8 Å². The molecule has 5 heteroatoms. The van der Waals surface area contributed by atoms with Crippen LogP contribution in [0.3, 0.4) is 0 Å². The zero-order valence-electron chi connectivity index (χ0n) is 16.9. The Balaban J connectivity index is 1.49. The number of carbonyl (C=O) groups is 1. The normalized spacial score (nSPS) is 17.6. The van der Waals surface area contributed by atoms with E-state index in [9.17, 15) is 4.79 Å². The molecule has 1 N–H and O–H groups in total. The second-order valence-electron chi connectivity index (χ2n) is 8.11. The molecular weight excluding hydrogens is 338 g/mol. The smallest absolute Gasteiger partial charge is 0.224 e. The molecule has 2 heterocycles. The summed E-state index contributed by atoms with van der Waals surface area (Å²) in [5.74, 6) is 1.71. The number of nitrogens with one attached hydrogen (secondary N) is 1. The molecule has 0 saturated carbocycles. The molecule has 27 heavy (non-hydrogen) atoms. The Hall–Kier alpha value is -2.14. The number of nitrogens with zero attached hydrogens (tertiary/aromatic N) is 2. The second kappa shape index (κ2) is 8.70. The van der Waals surface area contributed by atoms with E-state index in [2.05, 4.69) is 39.6 Å². The Morgan fingerprint density at radius 1 is 1.26 bits per heavy atom. The van der Waals surface area contributed by atoms with E-state index < -0.39 is 0 Å². The number of likely N-dealkylation sites (tertiary alicyclic amines) is 1. The van der Waals surface area contributed by atoms with Crippen molar-refractivity contribution in [2.45, 2.75) is 59.5 Å². The fourth-order valence-corrected chi connectivity index (χ4v) is 3.86. The maximum Gasteiger partial charge on any atom is 0.224 e. The van der Waals surface area contributed by atoms with Gasteiger partial charge in [0.15, 0.2) is 0 Å². The molecule has 0 spiro atoms. The second-order valence-corrected chi connectivity index (χ2v) is 8.11. The molecule has 1 atom stereocenters. The number of rotatable bonds is 7. The third-order valence-electron chi connectivity index (χ3n) is 5.29. The summed E-state index contributed by atoms with van der Waals surface area (Å²) in [5, 5.41) is 7.00. The van der Waals surface area contributed by atoms with Crippen molar-refractivity contribution in [2.24, 2.45) is 5.92 Å². The van der Waals surface area contributed by atoms with Crippen molar-refractivity contribution < 1.29 is 9.32 Å². The maximum absolute atomic E-state index is 11.9. The number of aromatic nitrogens is 1. The molecule has 3 rings (SSSR count). The first kappa shape index (κ1) is 19.6. The Morgan fingerprint density at radius 3 is 2.59 bits per heavy atom. The van der Waals surface area contributed by atoms with Gasteiger partial charge in [0.2, 0.25) is 5.91 Å². The van der Waals surface area contributed by atoms with Crippen molar-refractivity contribution in [1.82, 2.24) is 15.4 Å². The first-order chi connectivity index (χ1) is 12.9. The molecule has 2 aromatic rings. The molecule has 146 valence electrons. The Labute approximate surface area is 162 Å². The van der Waals surface area contributed by atoms with Gasteiger partial charge in [-0.3, -0.25) is 9.69 Å². The molecule has 1 aromatic heterocycles. The number of amides is 1. The lowest BCUT2D eigenvalue weighted by molar-refractivity contribution is -0.120. The minimum absolute atomic E-state index is 0.0866. The number of aryl methyl sites for hydroxylation is 2. The molecule has 1 unspecified atom stereocenters. The van der Waals surface area contributed by atoms with Crippen molar-refractivity contribution >= 4 is 5.91 Å². The minimum atomic E-state index is 0.0866. The summed E-state index contributed by atoms with van der Waals surface area (Å²) in [6, 6.07) is 8.72. The summed E-state index contributed by atoms with van der Waals surface area (Å²) in [6.07, 6.45) is 2.77. The fourth-order valence-electron chi connectivity index (χ4n) is 3.86. The lowest BCUT2D eigenvalue weighted by Crippen LogP contribution is -2.31. The minimum Gasteiger partial charge on any atom is -0.361 e. The van der Waals surface area contributed by atoms with Crippen LogP contribution in [-0.4, -0.2) is 35.1 Å². The topological polar surface area (TPSA) is 58.4 Å². The summed E-state index contributed by atoms with van der Waals surface area (Å²) in [4.78, 5) is 14.4. The van der Waals surface area contributed by atoms with Crippen molar-refractivity contribution in [1.29, 1.82) is 0 Å². The fraction of sp³-hybridized carbons (Fsp3) is 0.545. The van der Waals surface area contributed by atoms with Crippen LogP contribution in [0.5, 0.6) is 0 Å². The van der Waals surface area contributed by atoms with Crippen LogP contribution in [0.1, 0.15) is 48.4 Å². The summed E-state index contributed by atoms with van der Waals surface area (Å²) in [5.41, 5.74) is 4.67. The number of carbonyl (C=O) groups excluding carboxylic acids is 1. The van der Waals surface area contributed by atoms with Gasteiger partial charge in [0, 0.05) is 24.7 Å². The third kappa shape index (κ3) is 5.42. The van der Waals surface area contributed by atoms with Gasteiger partial charge in [-0.2, -0.15) is 0 Å². The number of benzene rings is 1. The third-order valence-corrected chi connectivity index (χ3v) is 5.29. The molecule has 1 aromatic carbocycles. The first-order valence-electron chi connectivity index (χ1n) is 9.92. The molecule has 1 aliphatic rings. The van der Waals surface area contributed by atoms with Crippen molar-refractivity contribution in [3.63, 3.8) is 0 Å². The predicted molar refractivity (Wildman–Crippen MR) is 106 cm³/mol. The van der Waals surface area contributed by atoms with Gasteiger partial charge in [-0.1, -0.05) is 29.4 Å². The summed E-state index contributed by atoms with van der Waals surface area (Å²) < 4.78 is 5.28. The van der Waals surface area contributed by atoms with Gasteiger partial charge in [-0.25, -0.2) is 0 Å². The van der Waals surface area contributed by atoms with E-state index >= 15 is 0 Å². The average Bonchev–Trinajstić information content (AvgIpc) is 3.17. The maximum atomic E-state index is 11.9. The Kier molecular flexibility index (Phi) is 6.32. The van der Waals surface area contributed by atoms with Crippen LogP contribution in [0.4, 0.5) is 0 Å². The molecule has 0 aliphatic carbocycles. The van der Waals surface area contributed by atoms with Gasteiger partial charge in [-0.15, -0.1) is 0 Å². The van der Waals surface area contributed by atoms with Gasteiger partial charge in [0.1, 0.15) is 5.76 Å². The van der Waals surface area contributed by atoms with Gasteiger partial charge in [0.25, 0.3) is 0 Å². The van der Waals surface area contributed by atoms with Crippen LogP contribution < -0.4 is 5.32 Å².